The molecule has 27 heavy (non-hydrogen) atoms. The number of carbonyl (C=O) groups excluding carboxylic acids is 1. The van der Waals surface area contributed by atoms with E-state index < -0.39 is 24.4 Å². The quantitative estimate of drug-likeness (QED) is 0.239. The molecule has 0 radical (unpaired) electrons. The van der Waals surface area contributed by atoms with Crippen molar-refractivity contribution in [3.05, 3.63) is 35.4 Å². The van der Waals surface area contributed by atoms with Crippen LogP contribution in [0.4, 0.5) is 0 Å². The molecule has 1 aromatic rings. The van der Waals surface area contributed by atoms with Gasteiger partial charge in [0.15, 0.2) is 0 Å². The Labute approximate surface area is 162 Å². The number of aliphatic hydroxyl groups excluding tert-OH is 1. The van der Waals surface area contributed by atoms with Gasteiger partial charge in [0.1, 0.15) is 0 Å². The summed E-state index contributed by atoms with van der Waals surface area (Å²) in [5, 5.41) is 19.9. The second-order valence-electron chi connectivity index (χ2n) is 6.79. The molecule has 5 nitrogen and oxygen atoms in total. The van der Waals surface area contributed by atoms with Crippen LogP contribution >= 0.6 is 0 Å². The summed E-state index contributed by atoms with van der Waals surface area (Å²) in [6.07, 6.45) is 8.82. The second-order valence-corrected chi connectivity index (χ2v) is 6.79. The second kappa shape index (κ2) is 12.5. The molecular weight excluding hydrogens is 342 g/mol. The number of esters is 1. The lowest BCUT2D eigenvalue weighted by Crippen LogP contribution is -2.50. The van der Waals surface area contributed by atoms with E-state index >= 15 is 0 Å². The van der Waals surface area contributed by atoms with E-state index in [4.69, 9.17) is 10.5 Å². The Hall–Kier alpha value is -1.87. The average molecular weight is 376 g/mol. The van der Waals surface area contributed by atoms with Crippen LogP contribution in [0.5, 0.6) is 0 Å². The van der Waals surface area contributed by atoms with Crippen LogP contribution in [-0.4, -0.2) is 28.8 Å². The van der Waals surface area contributed by atoms with E-state index in [1.54, 1.807) is 12.1 Å². The number of hydrogen-bond donors (Lipinski definition) is 3. The first-order valence-electron chi connectivity index (χ1n) is 9.77. The molecule has 0 spiro atoms. The van der Waals surface area contributed by atoms with Crippen molar-refractivity contribution in [2.75, 3.05) is 6.61 Å². The highest BCUT2D eigenvalue weighted by atomic mass is 16.7. The minimum atomic E-state index is -2.04. The van der Waals surface area contributed by atoms with Crippen LogP contribution in [0.25, 0.3) is 0 Å². The third-order valence-electron chi connectivity index (χ3n) is 4.44. The summed E-state index contributed by atoms with van der Waals surface area (Å²) >= 11 is 0. The van der Waals surface area contributed by atoms with Gasteiger partial charge in [0.25, 0.3) is 5.79 Å². The van der Waals surface area contributed by atoms with Gasteiger partial charge in [0.2, 0.25) is 0 Å². The third kappa shape index (κ3) is 8.13. The van der Waals surface area contributed by atoms with Gasteiger partial charge in [-0.2, -0.15) is 0 Å². The van der Waals surface area contributed by atoms with Gasteiger partial charge in [-0.25, -0.2) is 0 Å². The largest absolute Gasteiger partial charge is 0.427 e. The molecule has 1 rings (SSSR count). The Kier molecular flexibility index (Phi) is 10.7. The summed E-state index contributed by atoms with van der Waals surface area (Å²) < 4.78 is 4.99. The number of aliphatic hydroxyl groups is 2. The number of nitrogens with two attached hydrogens (primary N) is 1. The number of carbonyl (C=O) groups is 1. The number of aryl methyl sites for hydroxylation is 1. The van der Waals surface area contributed by atoms with E-state index in [1.165, 1.54) is 39.0 Å². The zero-order valence-electron chi connectivity index (χ0n) is 16.5. The number of benzene rings is 1. The van der Waals surface area contributed by atoms with Gasteiger partial charge >= 0.3 is 5.97 Å². The lowest BCUT2D eigenvalue weighted by Gasteiger charge is -2.32. The number of rotatable bonds is 11. The summed E-state index contributed by atoms with van der Waals surface area (Å²) in [7, 11) is 0. The van der Waals surface area contributed by atoms with Crippen LogP contribution in [0.3, 0.4) is 0 Å². The molecule has 5 heteroatoms. The van der Waals surface area contributed by atoms with Gasteiger partial charge in [0, 0.05) is 25.3 Å². The van der Waals surface area contributed by atoms with Crippen molar-refractivity contribution in [3.8, 4) is 11.8 Å². The molecule has 1 aromatic carbocycles. The molecule has 0 bridgehead atoms. The molecule has 0 fully saturated rings. The van der Waals surface area contributed by atoms with Gasteiger partial charge in [0.05, 0.1) is 12.6 Å². The smallest absolute Gasteiger partial charge is 0.305 e. The van der Waals surface area contributed by atoms with E-state index in [0.717, 1.165) is 24.8 Å². The first-order chi connectivity index (χ1) is 12.9. The number of hydrogen-bond acceptors (Lipinski definition) is 5. The summed E-state index contributed by atoms with van der Waals surface area (Å²) in [6.45, 7) is 2.88. The van der Waals surface area contributed by atoms with E-state index in [9.17, 15) is 15.0 Å². The molecule has 0 saturated carbocycles. The van der Waals surface area contributed by atoms with Gasteiger partial charge in [-0.1, -0.05) is 56.9 Å². The van der Waals surface area contributed by atoms with E-state index in [0.29, 0.717) is 5.56 Å². The van der Waals surface area contributed by atoms with E-state index in [2.05, 4.69) is 18.8 Å². The maximum absolute atomic E-state index is 11.3. The summed E-state index contributed by atoms with van der Waals surface area (Å²) in [6, 6.07) is 5.89. The molecule has 0 aliphatic carbocycles. The first kappa shape index (κ1) is 23.2. The highest BCUT2D eigenvalue weighted by molar-refractivity contribution is 5.66. The van der Waals surface area contributed by atoms with Crippen LogP contribution in [-0.2, 0) is 21.7 Å². The Morgan fingerprint density at radius 1 is 1.15 bits per heavy atom. The molecular formula is C22H33NO4. The van der Waals surface area contributed by atoms with Crippen LogP contribution in [0.2, 0.25) is 0 Å². The summed E-state index contributed by atoms with van der Waals surface area (Å²) in [4.78, 5) is 11.3. The van der Waals surface area contributed by atoms with Gasteiger partial charge < -0.3 is 20.7 Å². The molecule has 0 aliphatic rings. The number of ether oxygens (including phenoxy) is 1. The van der Waals surface area contributed by atoms with Crippen LogP contribution in [0.1, 0.15) is 69.9 Å². The van der Waals surface area contributed by atoms with Crippen molar-refractivity contribution in [2.24, 2.45) is 5.73 Å². The number of unbranched alkanes of at least 4 members (excludes halogenated alkanes) is 5. The van der Waals surface area contributed by atoms with Crippen LogP contribution in [0, 0.1) is 11.8 Å². The van der Waals surface area contributed by atoms with Crippen molar-refractivity contribution >= 4 is 5.97 Å². The van der Waals surface area contributed by atoms with Crippen LogP contribution in [0.15, 0.2) is 24.3 Å². The fourth-order valence-corrected chi connectivity index (χ4v) is 2.80. The fourth-order valence-electron chi connectivity index (χ4n) is 2.80. The summed E-state index contributed by atoms with van der Waals surface area (Å²) in [5.41, 5.74) is 7.14. The van der Waals surface area contributed by atoms with E-state index in [-0.39, 0.29) is 0 Å². The molecule has 0 heterocycles. The Morgan fingerprint density at radius 3 is 2.37 bits per heavy atom. The minimum absolute atomic E-state index is 0.334. The van der Waals surface area contributed by atoms with Gasteiger partial charge in [-0.3, -0.25) is 4.79 Å². The minimum Gasteiger partial charge on any atom is -0.427 e. The van der Waals surface area contributed by atoms with Gasteiger partial charge in [-0.15, -0.1) is 11.8 Å². The van der Waals surface area contributed by atoms with Crippen LogP contribution < -0.4 is 5.73 Å². The first-order valence-corrected chi connectivity index (χ1v) is 9.77. The third-order valence-corrected chi connectivity index (χ3v) is 4.44. The fraction of sp³-hybridized carbons (Fsp3) is 0.591. The Bertz CT molecular complexity index is 617. The highest BCUT2D eigenvalue weighted by Gasteiger charge is 2.39. The molecule has 2 unspecified atom stereocenters. The van der Waals surface area contributed by atoms with Crippen molar-refractivity contribution < 1.29 is 19.7 Å². The molecule has 0 aliphatic heterocycles. The van der Waals surface area contributed by atoms with Crippen molar-refractivity contribution in [2.45, 2.75) is 77.0 Å². The normalized spacial score (nSPS) is 14.0. The molecule has 2 atom stereocenters. The SMILES string of the molecule is CCCCCCCC#CCCc1ccc(C(O)(OC(C)=O)C(N)CO)cc1. The maximum Gasteiger partial charge on any atom is 0.305 e. The molecule has 0 saturated heterocycles. The molecule has 150 valence electrons. The van der Waals surface area contributed by atoms with Gasteiger partial charge in [-0.05, 0) is 18.4 Å². The predicted octanol–water partition coefficient (Wildman–Crippen LogP) is 3.01. The zero-order valence-corrected chi connectivity index (χ0v) is 16.5. The molecule has 0 amide bonds. The van der Waals surface area contributed by atoms with Crippen molar-refractivity contribution in [1.29, 1.82) is 0 Å². The summed E-state index contributed by atoms with van der Waals surface area (Å²) in [5.74, 6) is 3.71. The van der Waals surface area contributed by atoms with Crippen molar-refractivity contribution in [1.82, 2.24) is 0 Å². The molecule has 4 N–H and O–H groups in total. The Morgan fingerprint density at radius 2 is 1.78 bits per heavy atom. The van der Waals surface area contributed by atoms with E-state index in [1.807, 2.05) is 12.1 Å². The molecule has 0 aromatic heterocycles. The topological polar surface area (TPSA) is 92.8 Å². The lowest BCUT2D eigenvalue weighted by molar-refractivity contribution is -0.225. The standard InChI is InChI=1S/C22H33NO4/c1-3-4-5-6-7-8-9-10-11-12-19-13-15-20(16-14-19)22(26,21(23)17-24)27-18(2)25/h13-16,21,24,26H,3-8,11-12,17,23H2,1-2H3. The maximum atomic E-state index is 11.3. The zero-order chi connectivity index (χ0) is 20.1. The highest BCUT2D eigenvalue weighted by Crippen LogP contribution is 2.26. The predicted molar refractivity (Wildman–Crippen MR) is 107 cm³/mol. The van der Waals surface area contributed by atoms with Crippen molar-refractivity contribution in [3.63, 3.8) is 0 Å². The lowest BCUT2D eigenvalue weighted by atomic mass is 9.96. The average Bonchev–Trinajstić information content (AvgIpc) is 2.65. The Balaban J connectivity index is 2.54. The monoisotopic (exact) mass is 375 g/mol.